The lowest BCUT2D eigenvalue weighted by atomic mass is 10.1. The van der Waals surface area contributed by atoms with Crippen LogP contribution >= 0.6 is 0 Å². The van der Waals surface area contributed by atoms with E-state index in [9.17, 15) is 4.79 Å². The summed E-state index contributed by atoms with van der Waals surface area (Å²) in [5, 5.41) is 3.02. The summed E-state index contributed by atoms with van der Waals surface area (Å²) >= 11 is 0. The lowest BCUT2D eigenvalue weighted by molar-refractivity contribution is 0.194. The molecule has 1 aromatic carbocycles. The van der Waals surface area contributed by atoms with Gasteiger partial charge in [0, 0.05) is 50.4 Å². The Morgan fingerprint density at radius 1 is 1.07 bits per heavy atom. The minimum absolute atomic E-state index is 0.00281. The summed E-state index contributed by atoms with van der Waals surface area (Å²) in [6.45, 7) is 11.8. The van der Waals surface area contributed by atoms with Gasteiger partial charge in [-0.25, -0.2) is 14.8 Å². The summed E-state index contributed by atoms with van der Waals surface area (Å²) in [4.78, 5) is 25.8. The Kier molecular flexibility index (Phi) is 5.94. The first kappa shape index (κ1) is 19.1. The molecule has 0 unspecified atom stereocenters. The van der Waals surface area contributed by atoms with Crippen molar-refractivity contribution in [3.05, 3.63) is 53.0 Å². The van der Waals surface area contributed by atoms with Gasteiger partial charge in [0.05, 0.1) is 0 Å². The van der Waals surface area contributed by atoms with Gasteiger partial charge in [0.1, 0.15) is 11.6 Å². The first-order valence-electron chi connectivity index (χ1n) is 9.61. The van der Waals surface area contributed by atoms with Crippen molar-refractivity contribution in [3.8, 4) is 0 Å². The molecule has 1 aromatic heterocycles. The van der Waals surface area contributed by atoms with Crippen LogP contribution in [0.5, 0.6) is 0 Å². The van der Waals surface area contributed by atoms with Crippen LogP contribution in [0.2, 0.25) is 0 Å². The standard InChI is InChI=1S/C21H29N5O/c1-15(2)20-23-17(4)13-19(24-20)25-9-11-26(12-10-25)21(27)22-14-18-7-5-16(3)6-8-18/h5-8,13,15H,9-12,14H2,1-4H3,(H,22,27). The van der Waals surface area contributed by atoms with Gasteiger partial charge in [-0.15, -0.1) is 0 Å². The predicted molar refractivity (Wildman–Crippen MR) is 108 cm³/mol. The minimum Gasteiger partial charge on any atom is -0.353 e. The van der Waals surface area contributed by atoms with Crippen molar-refractivity contribution in [1.82, 2.24) is 20.2 Å². The molecule has 0 aliphatic carbocycles. The molecule has 6 heteroatoms. The second kappa shape index (κ2) is 8.37. The summed E-state index contributed by atoms with van der Waals surface area (Å²) in [5.74, 6) is 2.15. The molecular weight excluding hydrogens is 338 g/mol. The highest BCUT2D eigenvalue weighted by molar-refractivity contribution is 5.74. The molecule has 6 nitrogen and oxygen atoms in total. The number of carbonyl (C=O) groups excluding carboxylic acids is 1. The number of benzene rings is 1. The molecule has 0 bridgehead atoms. The Morgan fingerprint density at radius 2 is 1.74 bits per heavy atom. The predicted octanol–water partition coefficient (Wildman–Crippen LogP) is 3.25. The van der Waals surface area contributed by atoms with Gasteiger partial charge in [-0.1, -0.05) is 43.7 Å². The van der Waals surface area contributed by atoms with Crippen molar-refractivity contribution < 1.29 is 4.79 Å². The molecule has 2 aromatic rings. The van der Waals surface area contributed by atoms with Crippen LogP contribution in [0.4, 0.5) is 10.6 Å². The normalized spacial score (nSPS) is 14.6. The largest absolute Gasteiger partial charge is 0.353 e. The molecule has 1 aliphatic heterocycles. The molecule has 1 aliphatic rings. The highest BCUT2D eigenvalue weighted by Crippen LogP contribution is 2.18. The molecule has 0 atom stereocenters. The van der Waals surface area contributed by atoms with Gasteiger partial charge in [0.15, 0.2) is 0 Å². The quantitative estimate of drug-likeness (QED) is 0.901. The highest BCUT2D eigenvalue weighted by atomic mass is 16.2. The Bertz CT molecular complexity index is 780. The number of nitrogens with zero attached hydrogens (tertiary/aromatic N) is 4. The molecule has 1 saturated heterocycles. The Morgan fingerprint density at radius 3 is 2.37 bits per heavy atom. The van der Waals surface area contributed by atoms with Gasteiger partial charge >= 0.3 is 6.03 Å². The Labute approximate surface area is 161 Å². The fraction of sp³-hybridized carbons (Fsp3) is 0.476. The molecule has 0 saturated carbocycles. The average Bonchev–Trinajstić information content (AvgIpc) is 2.67. The number of hydrogen-bond donors (Lipinski definition) is 1. The van der Waals surface area contributed by atoms with E-state index in [2.05, 4.69) is 60.2 Å². The molecule has 0 radical (unpaired) electrons. The minimum atomic E-state index is -0.00281. The monoisotopic (exact) mass is 367 g/mol. The molecule has 3 rings (SSSR count). The van der Waals surface area contributed by atoms with E-state index in [1.165, 1.54) is 5.56 Å². The van der Waals surface area contributed by atoms with E-state index >= 15 is 0 Å². The van der Waals surface area contributed by atoms with Gasteiger partial charge in [-0.05, 0) is 19.4 Å². The lowest BCUT2D eigenvalue weighted by Gasteiger charge is -2.35. The number of nitrogens with one attached hydrogen (secondary N) is 1. The van der Waals surface area contributed by atoms with E-state index < -0.39 is 0 Å². The van der Waals surface area contributed by atoms with E-state index in [4.69, 9.17) is 4.98 Å². The zero-order chi connectivity index (χ0) is 19.4. The van der Waals surface area contributed by atoms with Crippen molar-refractivity contribution in [1.29, 1.82) is 0 Å². The molecule has 2 amide bonds. The van der Waals surface area contributed by atoms with E-state index in [1.54, 1.807) is 0 Å². The van der Waals surface area contributed by atoms with Crippen LogP contribution < -0.4 is 10.2 Å². The first-order chi connectivity index (χ1) is 12.9. The van der Waals surface area contributed by atoms with E-state index in [1.807, 2.05) is 17.9 Å². The number of hydrogen-bond acceptors (Lipinski definition) is 4. The van der Waals surface area contributed by atoms with Crippen molar-refractivity contribution in [2.75, 3.05) is 31.1 Å². The number of anilines is 1. The average molecular weight is 367 g/mol. The fourth-order valence-electron chi connectivity index (χ4n) is 3.13. The van der Waals surface area contributed by atoms with Crippen LogP contribution in [-0.2, 0) is 6.54 Å². The van der Waals surface area contributed by atoms with Crippen molar-refractivity contribution in [3.63, 3.8) is 0 Å². The van der Waals surface area contributed by atoms with Gasteiger partial charge in [-0.3, -0.25) is 0 Å². The number of carbonyl (C=O) groups is 1. The second-order valence-corrected chi connectivity index (χ2v) is 7.50. The second-order valence-electron chi connectivity index (χ2n) is 7.50. The zero-order valence-electron chi connectivity index (χ0n) is 16.7. The maximum Gasteiger partial charge on any atom is 0.317 e. The Hall–Kier alpha value is -2.63. The summed E-state index contributed by atoms with van der Waals surface area (Å²) in [6, 6.07) is 10.3. The molecule has 1 N–H and O–H groups in total. The molecule has 2 heterocycles. The van der Waals surface area contributed by atoms with Crippen LogP contribution in [0.3, 0.4) is 0 Å². The number of urea groups is 1. The van der Waals surface area contributed by atoms with Gasteiger partial charge in [0.2, 0.25) is 0 Å². The number of rotatable bonds is 4. The van der Waals surface area contributed by atoms with Gasteiger partial charge in [0.25, 0.3) is 0 Å². The van der Waals surface area contributed by atoms with E-state index in [0.29, 0.717) is 25.6 Å². The van der Waals surface area contributed by atoms with E-state index in [0.717, 1.165) is 36.0 Å². The number of aromatic nitrogens is 2. The SMILES string of the molecule is Cc1ccc(CNC(=O)N2CCN(c3cc(C)nc(C(C)C)n3)CC2)cc1. The lowest BCUT2D eigenvalue weighted by Crippen LogP contribution is -2.52. The first-order valence-corrected chi connectivity index (χ1v) is 9.61. The summed E-state index contributed by atoms with van der Waals surface area (Å²) in [6.07, 6.45) is 0. The van der Waals surface area contributed by atoms with Crippen molar-refractivity contribution >= 4 is 11.8 Å². The highest BCUT2D eigenvalue weighted by Gasteiger charge is 2.22. The number of aryl methyl sites for hydroxylation is 2. The molecular formula is C21H29N5O. The maximum atomic E-state index is 12.4. The molecule has 27 heavy (non-hydrogen) atoms. The summed E-state index contributed by atoms with van der Waals surface area (Å²) in [5.41, 5.74) is 3.33. The molecule has 1 fully saturated rings. The van der Waals surface area contributed by atoms with Crippen LogP contribution in [-0.4, -0.2) is 47.1 Å². The maximum absolute atomic E-state index is 12.4. The topological polar surface area (TPSA) is 61.4 Å². The van der Waals surface area contributed by atoms with Crippen LogP contribution in [0, 0.1) is 13.8 Å². The van der Waals surface area contributed by atoms with Gasteiger partial charge in [-0.2, -0.15) is 0 Å². The third-order valence-electron chi connectivity index (χ3n) is 4.83. The summed E-state index contributed by atoms with van der Waals surface area (Å²) < 4.78 is 0. The third kappa shape index (κ3) is 4.96. The van der Waals surface area contributed by atoms with Crippen molar-refractivity contribution in [2.24, 2.45) is 0 Å². The third-order valence-corrected chi connectivity index (χ3v) is 4.83. The fourth-order valence-corrected chi connectivity index (χ4v) is 3.13. The number of amides is 2. The smallest absolute Gasteiger partial charge is 0.317 e. The zero-order valence-corrected chi connectivity index (χ0v) is 16.7. The van der Waals surface area contributed by atoms with E-state index in [-0.39, 0.29) is 6.03 Å². The molecule has 0 spiro atoms. The van der Waals surface area contributed by atoms with Crippen LogP contribution in [0.25, 0.3) is 0 Å². The van der Waals surface area contributed by atoms with Crippen LogP contribution in [0.15, 0.2) is 30.3 Å². The van der Waals surface area contributed by atoms with Crippen molar-refractivity contribution in [2.45, 2.75) is 40.2 Å². The number of piperazine rings is 1. The van der Waals surface area contributed by atoms with Crippen LogP contribution in [0.1, 0.15) is 42.4 Å². The molecule has 144 valence electrons. The summed E-state index contributed by atoms with van der Waals surface area (Å²) in [7, 11) is 0. The van der Waals surface area contributed by atoms with Gasteiger partial charge < -0.3 is 15.1 Å². The Balaban J connectivity index is 1.54.